The monoisotopic (exact) mass is 414 g/mol. The van der Waals surface area contributed by atoms with Crippen LogP contribution in [0.5, 0.6) is 5.75 Å². The molecule has 3 rings (SSSR count). The molecule has 3 aromatic carbocycles. The molecule has 0 bridgehead atoms. The highest BCUT2D eigenvalue weighted by Crippen LogP contribution is 2.23. The van der Waals surface area contributed by atoms with Gasteiger partial charge in [-0.1, -0.05) is 12.1 Å². The Morgan fingerprint density at radius 3 is 2.34 bits per heavy atom. The van der Waals surface area contributed by atoms with Gasteiger partial charge in [-0.15, -0.1) is 0 Å². The number of halogens is 1. The lowest BCUT2D eigenvalue weighted by atomic mass is 10.1. The summed E-state index contributed by atoms with van der Waals surface area (Å²) < 4.78 is 46.5. The molecule has 6 nitrogen and oxygen atoms in total. The van der Waals surface area contributed by atoms with Crippen molar-refractivity contribution < 1.29 is 22.3 Å². The maximum atomic E-state index is 13.3. The molecule has 150 valence electrons. The van der Waals surface area contributed by atoms with E-state index in [4.69, 9.17) is 4.74 Å². The smallest absolute Gasteiger partial charge is 0.262 e. The van der Waals surface area contributed by atoms with Crippen LogP contribution in [0.15, 0.2) is 71.6 Å². The van der Waals surface area contributed by atoms with E-state index < -0.39 is 21.7 Å². The summed E-state index contributed by atoms with van der Waals surface area (Å²) in [5, 5.41) is 2.55. The molecule has 3 aromatic rings. The van der Waals surface area contributed by atoms with Crippen molar-refractivity contribution in [3.63, 3.8) is 0 Å². The quantitative estimate of drug-likeness (QED) is 0.633. The molecule has 0 aliphatic heterocycles. The molecule has 0 heterocycles. The number of amides is 1. The lowest BCUT2D eigenvalue weighted by Gasteiger charge is -2.13. The van der Waals surface area contributed by atoms with Gasteiger partial charge in [0, 0.05) is 16.9 Å². The highest BCUT2D eigenvalue weighted by molar-refractivity contribution is 7.92. The standard InChI is InChI=1S/C21H19FN2O4S/c1-14-6-7-15(21(25)23-18-5-3-4-16(22)13-18)12-20(14)29(26,27)24-17-8-10-19(28-2)11-9-17/h3-13,24H,1-2H3,(H,23,25). The van der Waals surface area contributed by atoms with Gasteiger partial charge in [-0.25, -0.2) is 12.8 Å². The molecule has 2 N–H and O–H groups in total. The number of hydrogen-bond donors (Lipinski definition) is 2. The van der Waals surface area contributed by atoms with Crippen LogP contribution in [-0.4, -0.2) is 21.4 Å². The summed E-state index contributed by atoms with van der Waals surface area (Å²) >= 11 is 0. The van der Waals surface area contributed by atoms with Gasteiger partial charge in [-0.3, -0.25) is 9.52 Å². The molecule has 0 aliphatic rings. The summed E-state index contributed by atoms with van der Waals surface area (Å²) in [6.45, 7) is 1.64. The van der Waals surface area contributed by atoms with Crippen LogP contribution in [0.25, 0.3) is 0 Å². The average molecular weight is 414 g/mol. The van der Waals surface area contributed by atoms with Crippen molar-refractivity contribution in [3.05, 3.63) is 83.7 Å². The number of ether oxygens (including phenoxy) is 1. The molecule has 29 heavy (non-hydrogen) atoms. The van der Waals surface area contributed by atoms with Crippen LogP contribution in [0.1, 0.15) is 15.9 Å². The van der Waals surface area contributed by atoms with E-state index >= 15 is 0 Å². The first-order valence-corrected chi connectivity index (χ1v) is 10.1. The van der Waals surface area contributed by atoms with E-state index in [1.807, 2.05) is 0 Å². The van der Waals surface area contributed by atoms with E-state index in [0.717, 1.165) is 0 Å². The maximum absolute atomic E-state index is 13.3. The minimum Gasteiger partial charge on any atom is -0.497 e. The van der Waals surface area contributed by atoms with Crippen LogP contribution in [0.2, 0.25) is 0 Å². The van der Waals surface area contributed by atoms with Gasteiger partial charge in [0.2, 0.25) is 0 Å². The van der Waals surface area contributed by atoms with Gasteiger partial charge in [-0.05, 0) is 67.1 Å². The largest absolute Gasteiger partial charge is 0.497 e. The van der Waals surface area contributed by atoms with Crippen molar-refractivity contribution in [3.8, 4) is 5.75 Å². The zero-order valence-corrected chi connectivity index (χ0v) is 16.6. The third kappa shape index (κ3) is 4.91. The molecule has 0 fully saturated rings. The van der Waals surface area contributed by atoms with Gasteiger partial charge in [-0.2, -0.15) is 0 Å². The summed E-state index contributed by atoms with van der Waals surface area (Å²) in [7, 11) is -2.41. The molecule has 0 saturated heterocycles. The number of methoxy groups -OCH3 is 1. The van der Waals surface area contributed by atoms with Crippen LogP contribution in [0.4, 0.5) is 15.8 Å². The van der Waals surface area contributed by atoms with Gasteiger partial charge in [0.25, 0.3) is 15.9 Å². The van der Waals surface area contributed by atoms with Crippen LogP contribution in [0.3, 0.4) is 0 Å². The number of nitrogens with one attached hydrogen (secondary N) is 2. The molecule has 0 radical (unpaired) electrons. The fourth-order valence-electron chi connectivity index (χ4n) is 2.67. The van der Waals surface area contributed by atoms with E-state index in [2.05, 4.69) is 10.0 Å². The number of hydrogen-bond acceptors (Lipinski definition) is 4. The summed E-state index contributed by atoms with van der Waals surface area (Å²) in [5.74, 6) is -0.435. The van der Waals surface area contributed by atoms with Crippen molar-refractivity contribution in [1.82, 2.24) is 0 Å². The highest BCUT2D eigenvalue weighted by atomic mass is 32.2. The van der Waals surface area contributed by atoms with E-state index in [9.17, 15) is 17.6 Å². The minimum absolute atomic E-state index is 0.0276. The molecule has 0 aromatic heterocycles. The second-order valence-corrected chi connectivity index (χ2v) is 7.93. The first-order valence-electron chi connectivity index (χ1n) is 8.63. The Kier molecular flexibility index (Phi) is 5.84. The molecule has 0 saturated carbocycles. The number of aryl methyl sites for hydroxylation is 1. The molecule has 0 aliphatic carbocycles. The summed E-state index contributed by atoms with van der Waals surface area (Å²) in [6, 6.07) is 16.2. The van der Waals surface area contributed by atoms with Crippen molar-refractivity contribution in [2.75, 3.05) is 17.1 Å². The number of carbonyl (C=O) groups is 1. The Bertz CT molecular complexity index is 1150. The van der Waals surface area contributed by atoms with Crippen LogP contribution < -0.4 is 14.8 Å². The Morgan fingerprint density at radius 1 is 0.966 bits per heavy atom. The zero-order valence-electron chi connectivity index (χ0n) is 15.8. The van der Waals surface area contributed by atoms with Crippen LogP contribution >= 0.6 is 0 Å². The zero-order chi connectivity index (χ0) is 21.0. The van der Waals surface area contributed by atoms with E-state index in [1.54, 1.807) is 37.3 Å². The van der Waals surface area contributed by atoms with Crippen molar-refractivity contribution in [2.24, 2.45) is 0 Å². The maximum Gasteiger partial charge on any atom is 0.262 e. The number of rotatable bonds is 6. The first kappa shape index (κ1) is 20.3. The summed E-state index contributed by atoms with van der Waals surface area (Å²) in [6.07, 6.45) is 0. The van der Waals surface area contributed by atoms with Crippen molar-refractivity contribution in [2.45, 2.75) is 11.8 Å². The fourth-order valence-corrected chi connectivity index (χ4v) is 4.00. The minimum atomic E-state index is -3.93. The molecular formula is C21H19FN2O4S. The molecule has 0 atom stereocenters. The number of carbonyl (C=O) groups excluding carboxylic acids is 1. The van der Waals surface area contributed by atoms with Gasteiger partial charge >= 0.3 is 0 Å². The Hall–Kier alpha value is -3.39. The second kappa shape index (κ2) is 8.32. The molecule has 0 spiro atoms. The van der Waals surface area contributed by atoms with Crippen molar-refractivity contribution in [1.29, 1.82) is 0 Å². The van der Waals surface area contributed by atoms with E-state index in [-0.39, 0.29) is 16.1 Å². The SMILES string of the molecule is COc1ccc(NS(=O)(=O)c2cc(C(=O)Nc3cccc(F)c3)ccc2C)cc1. The van der Waals surface area contributed by atoms with Gasteiger partial charge in [0.05, 0.1) is 12.0 Å². The van der Waals surface area contributed by atoms with Crippen molar-refractivity contribution >= 4 is 27.3 Å². The van der Waals surface area contributed by atoms with Crippen LogP contribution in [-0.2, 0) is 10.0 Å². The predicted molar refractivity (Wildman–Crippen MR) is 109 cm³/mol. The normalized spacial score (nSPS) is 11.0. The van der Waals surface area contributed by atoms with E-state index in [0.29, 0.717) is 17.0 Å². The molecule has 1 amide bonds. The third-order valence-electron chi connectivity index (χ3n) is 4.16. The Balaban J connectivity index is 1.86. The Labute approximate surface area is 168 Å². The topological polar surface area (TPSA) is 84.5 Å². The first-order chi connectivity index (χ1) is 13.8. The molecule has 0 unspecified atom stereocenters. The Morgan fingerprint density at radius 2 is 1.69 bits per heavy atom. The van der Waals surface area contributed by atoms with Gasteiger partial charge < -0.3 is 10.1 Å². The molecular weight excluding hydrogens is 395 g/mol. The van der Waals surface area contributed by atoms with E-state index in [1.165, 1.54) is 43.5 Å². The summed E-state index contributed by atoms with van der Waals surface area (Å²) in [4.78, 5) is 12.5. The lowest BCUT2D eigenvalue weighted by molar-refractivity contribution is 0.102. The predicted octanol–water partition coefficient (Wildman–Crippen LogP) is 4.20. The fraction of sp³-hybridized carbons (Fsp3) is 0.0952. The summed E-state index contributed by atoms with van der Waals surface area (Å²) in [5.41, 5.74) is 1.25. The van der Waals surface area contributed by atoms with Gasteiger partial charge in [0.15, 0.2) is 0 Å². The second-order valence-electron chi connectivity index (χ2n) is 6.28. The molecule has 8 heteroatoms. The van der Waals surface area contributed by atoms with Crippen LogP contribution in [0, 0.1) is 12.7 Å². The van der Waals surface area contributed by atoms with Gasteiger partial charge in [0.1, 0.15) is 11.6 Å². The highest BCUT2D eigenvalue weighted by Gasteiger charge is 2.19. The lowest BCUT2D eigenvalue weighted by Crippen LogP contribution is -2.17. The number of benzene rings is 3. The number of sulfonamides is 1. The number of anilines is 2. The third-order valence-corrected chi connectivity index (χ3v) is 5.69. The average Bonchev–Trinajstić information content (AvgIpc) is 2.68.